The molecule has 148 valence electrons. The van der Waals surface area contributed by atoms with Crippen LogP contribution in [-0.4, -0.2) is 35.2 Å². The summed E-state index contributed by atoms with van der Waals surface area (Å²) < 4.78 is 7.42. The van der Waals surface area contributed by atoms with Crippen molar-refractivity contribution in [2.45, 2.75) is 40.0 Å². The monoisotopic (exact) mass is 379 g/mol. The van der Waals surface area contributed by atoms with Crippen molar-refractivity contribution >= 4 is 16.9 Å². The largest absolute Gasteiger partial charge is 0.382 e. The number of nitrogens with one attached hydrogen (secondary N) is 1. The number of aromatic nitrogens is 2. The summed E-state index contributed by atoms with van der Waals surface area (Å²) in [5.41, 5.74) is 4.85. The molecule has 2 aromatic carbocycles. The third-order valence-electron chi connectivity index (χ3n) is 4.86. The van der Waals surface area contributed by atoms with Gasteiger partial charge in [0.1, 0.15) is 5.82 Å². The highest BCUT2D eigenvalue weighted by atomic mass is 16.5. The second-order valence-corrected chi connectivity index (χ2v) is 7.25. The van der Waals surface area contributed by atoms with Crippen molar-refractivity contribution in [3.8, 4) is 5.69 Å². The minimum absolute atomic E-state index is 0.0770. The Hall–Kier alpha value is -2.66. The third kappa shape index (κ3) is 4.42. The highest BCUT2D eigenvalue weighted by molar-refractivity contribution is 5.97. The van der Waals surface area contributed by atoms with Crippen molar-refractivity contribution in [1.29, 1.82) is 0 Å². The van der Waals surface area contributed by atoms with Crippen molar-refractivity contribution < 1.29 is 9.53 Å². The van der Waals surface area contributed by atoms with Gasteiger partial charge < -0.3 is 10.1 Å². The van der Waals surface area contributed by atoms with Gasteiger partial charge in [-0.2, -0.15) is 0 Å². The van der Waals surface area contributed by atoms with Crippen molar-refractivity contribution in [1.82, 2.24) is 14.9 Å². The maximum absolute atomic E-state index is 12.4. The number of hydrogen-bond donors (Lipinski definition) is 1. The zero-order valence-electron chi connectivity index (χ0n) is 17.2. The van der Waals surface area contributed by atoms with Crippen LogP contribution < -0.4 is 5.32 Å². The number of amides is 1. The lowest BCUT2D eigenvalue weighted by atomic mass is 10.0. The molecule has 0 aliphatic rings. The second kappa shape index (κ2) is 9.02. The van der Waals surface area contributed by atoms with E-state index in [0.29, 0.717) is 31.2 Å². The molecule has 5 nitrogen and oxygen atoms in total. The average molecular weight is 380 g/mol. The summed E-state index contributed by atoms with van der Waals surface area (Å²) in [5.74, 6) is 1.33. The van der Waals surface area contributed by atoms with E-state index in [9.17, 15) is 4.79 Å². The number of carbonyl (C=O) groups is 1. The SMILES string of the molecule is CCOCCCNC(=O)c1ccc2c(c1)nc(C)n2-c1ccc(C(C)C)cc1. The van der Waals surface area contributed by atoms with Gasteiger partial charge in [-0.1, -0.05) is 26.0 Å². The summed E-state index contributed by atoms with van der Waals surface area (Å²) in [6.45, 7) is 10.3. The number of ether oxygens (including phenoxy) is 1. The van der Waals surface area contributed by atoms with Crippen LogP contribution in [0.5, 0.6) is 0 Å². The lowest BCUT2D eigenvalue weighted by Gasteiger charge is -2.10. The van der Waals surface area contributed by atoms with E-state index >= 15 is 0 Å². The Morgan fingerprint density at radius 1 is 1.18 bits per heavy atom. The molecule has 0 radical (unpaired) electrons. The van der Waals surface area contributed by atoms with Gasteiger partial charge >= 0.3 is 0 Å². The van der Waals surface area contributed by atoms with Crippen molar-refractivity contribution in [2.75, 3.05) is 19.8 Å². The predicted molar refractivity (Wildman–Crippen MR) is 113 cm³/mol. The Kier molecular flexibility index (Phi) is 6.47. The van der Waals surface area contributed by atoms with E-state index in [-0.39, 0.29) is 5.91 Å². The Morgan fingerprint density at radius 2 is 1.93 bits per heavy atom. The maximum atomic E-state index is 12.4. The van der Waals surface area contributed by atoms with E-state index in [1.807, 2.05) is 32.0 Å². The Bertz CT molecular complexity index is 942. The van der Waals surface area contributed by atoms with E-state index < -0.39 is 0 Å². The number of rotatable bonds is 8. The van der Waals surface area contributed by atoms with Gasteiger partial charge in [-0.15, -0.1) is 0 Å². The van der Waals surface area contributed by atoms with Gasteiger partial charge in [-0.3, -0.25) is 9.36 Å². The van der Waals surface area contributed by atoms with Crippen LogP contribution in [0.25, 0.3) is 16.7 Å². The van der Waals surface area contributed by atoms with Gasteiger partial charge in [-0.25, -0.2) is 4.98 Å². The van der Waals surface area contributed by atoms with Crippen molar-refractivity contribution in [3.05, 3.63) is 59.4 Å². The number of nitrogens with zero attached hydrogens (tertiary/aromatic N) is 2. The quantitative estimate of drug-likeness (QED) is 0.581. The molecule has 1 N–H and O–H groups in total. The predicted octanol–water partition coefficient (Wildman–Crippen LogP) is 4.61. The molecule has 0 spiro atoms. The molecule has 1 heterocycles. The van der Waals surface area contributed by atoms with Crippen LogP contribution in [0.3, 0.4) is 0 Å². The number of carbonyl (C=O) groups excluding carboxylic acids is 1. The summed E-state index contributed by atoms with van der Waals surface area (Å²) in [4.78, 5) is 17.1. The minimum Gasteiger partial charge on any atom is -0.382 e. The summed E-state index contributed by atoms with van der Waals surface area (Å²) in [6.07, 6.45) is 0.807. The molecule has 3 aromatic rings. The van der Waals surface area contributed by atoms with E-state index in [1.165, 1.54) is 5.56 Å². The molecule has 0 fully saturated rings. The van der Waals surface area contributed by atoms with E-state index in [1.54, 1.807) is 0 Å². The second-order valence-electron chi connectivity index (χ2n) is 7.25. The molecule has 1 amide bonds. The van der Waals surface area contributed by atoms with Crippen LogP contribution in [0.4, 0.5) is 0 Å². The fourth-order valence-corrected chi connectivity index (χ4v) is 3.30. The minimum atomic E-state index is -0.0770. The smallest absolute Gasteiger partial charge is 0.251 e. The van der Waals surface area contributed by atoms with E-state index in [2.05, 4.69) is 53.0 Å². The zero-order valence-corrected chi connectivity index (χ0v) is 17.2. The van der Waals surface area contributed by atoms with Gasteiger partial charge in [0.05, 0.1) is 11.0 Å². The van der Waals surface area contributed by atoms with Crippen LogP contribution in [0.15, 0.2) is 42.5 Å². The summed E-state index contributed by atoms with van der Waals surface area (Å²) >= 11 is 0. The molecule has 0 saturated heterocycles. The van der Waals surface area contributed by atoms with Crippen molar-refractivity contribution in [3.63, 3.8) is 0 Å². The normalized spacial score (nSPS) is 11.3. The Labute approximate surface area is 166 Å². The third-order valence-corrected chi connectivity index (χ3v) is 4.86. The lowest BCUT2D eigenvalue weighted by Crippen LogP contribution is -2.25. The van der Waals surface area contributed by atoms with Crippen LogP contribution >= 0.6 is 0 Å². The van der Waals surface area contributed by atoms with Gasteiger partial charge in [0.2, 0.25) is 0 Å². The van der Waals surface area contributed by atoms with E-state index in [0.717, 1.165) is 29.0 Å². The molecule has 0 atom stereocenters. The number of aryl methyl sites for hydroxylation is 1. The number of fused-ring (bicyclic) bond motifs is 1. The number of imidazole rings is 1. The van der Waals surface area contributed by atoms with Crippen LogP contribution in [0, 0.1) is 6.92 Å². The van der Waals surface area contributed by atoms with Gasteiger partial charge in [-0.05, 0) is 62.1 Å². The first-order valence-corrected chi connectivity index (χ1v) is 9.96. The Morgan fingerprint density at radius 3 is 2.61 bits per heavy atom. The molecule has 28 heavy (non-hydrogen) atoms. The highest BCUT2D eigenvalue weighted by Gasteiger charge is 2.13. The topological polar surface area (TPSA) is 56.1 Å². The number of hydrogen-bond acceptors (Lipinski definition) is 3. The highest BCUT2D eigenvalue weighted by Crippen LogP contribution is 2.24. The molecule has 0 bridgehead atoms. The first-order valence-electron chi connectivity index (χ1n) is 9.96. The first kappa shape index (κ1) is 20.1. The molecule has 0 aliphatic heterocycles. The molecular formula is C23H29N3O2. The van der Waals surface area contributed by atoms with Crippen LogP contribution in [-0.2, 0) is 4.74 Å². The first-order chi connectivity index (χ1) is 13.5. The molecule has 5 heteroatoms. The fourth-order valence-electron chi connectivity index (χ4n) is 3.30. The maximum Gasteiger partial charge on any atom is 0.251 e. The molecule has 1 aromatic heterocycles. The van der Waals surface area contributed by atoms with Crippen LogP contribution in [0.2, 0.25) is 0 Å². The summed E-state index contributed by atoms with van der Waals surface area (Å²) in [6, 6.07) is 14.3. The number of benzene rings is 2. The van der Waals surface area contributed by atoms with Crippen LogP contribution in [0.1, 0.15) is 54.9 Å². The Balaban J connectivity index is 1.80. The standard InChI is InChI=1S/C23H29N3O2/c1-5-28-14-6-13-24-23(27)19-9-12-22-21(15-19)25-17(4)26(22)20-10-7-18(8-11-20)16(2)3/h7-12,15-16H,5-6,13-14H2,1-4H3,(H,24,27). The van der Waals surface area contributed by atoms with Gasteiger partial charge in [0.15, 0.2) is 0 Å². The molecular weight excluding hydrogens is 350 g/mol. The molecule has 0 unspecified atom stereocenters. The van der Waals surface area contributed by atoms with Gasteiger partial charge in [0.25, 0.3) is 5.91 Å². The van der Waals surface area contributed by atoms with Gasteiger partial charge in [0, 0.05) is 31.0 Å². The van der Waals surface area contributed by atoms with E-state index in [4.69, 9.17) is 4.74 Å². The van der Waals surface area contributed by atoms with Crippen molar-refractivity contribution in [2.24, 2.45) is 0 Å². The fraction of sp³-hybridized carbons (Fsp3) is 0.391. The summed E-state index contributed by atoms with van der Waals surface area (Å²) in [7, 11) is 0. The molecule has 3 rings (SSSR count). The molecule has 0 aliphatic carbocycles. The average Bonchev–Trinajstić information content (AvgIpc) is 3.02. The summed E-state index contributed by atoms with van der Waals surface area (Å²) in [5, 5.41) is 2.94. The zero-order chi connectivity index (χ0) is 20.1. The lowest BCUT2D eigenvalue weighted by molar-refractivity contribution is 0.0944. The molecule has 0 saturated carbocycles.